The number of amides is 5. The van der Waals surface area contributed by atoms with Gasteiger partial charge in [-0.3, -0.25) is 4.79 Å². The Morgan fingerprint density at radius 3 is 2.51 bits per heavy atom. The van der Waals surface area contributed by atoms with Gasteiger partial charge in [-0.1, -0.05) is 42.5 Å². The number of halogens is 3. The molecule has 0 aliphatic carbocycles. The van der Waals surface area contributed by atoms with E-state index >= 15 is 0 Å². The van der Waals surface area contributed by atoms with Gasteiger partial charge in [0.2, 0.25) is 0 Å². The molecule has 178 valence electrons. The van der Waals surface area contributed by atoms with Gasteiger partial charge in [-0.25, -0.2) is 14.5 Å². The van der Waals surface area contributed by atoms with Crippen molar-refractivity contribution in [3.8, 4) is 0 Å². The predicted molar refractivity (Wildman–Crippen MR) is 122 cm³/mol. The van der Waals surface area contributed by atoms with Crippen LogP contribution >= 0.6 is 0 Å². The summed E-state index contributed by atoms with van der Waals surface area (Å²) in [5.74, 6) is -0.407. The molecule has 6 rings (SSSR count). The number of carbonyl (C=O) groups is 3. The molecule has 3 aliphatic heterocycles. The molecule has 3 fully saturated rings. The summed E-state index contributed by atoms with van der Waals surface area (Å²) in [7, 11) is 0. The molecule has 35 heavy (non-hydrogen) atoms. The molecule has 2 bridgehead atoms. The highest BCUT2D eigenvalue weighted by Gasteiger charge is 2.63. The van der Waals surface area contributed by atoms with Gasteiger partial charge in [0.15, 0.2) is 0 Å². The number of rotatable bonds is 2. The normalized spacial score (nSPS) is 23.4. The van der Waals surface area contributed by atoms with Crippen LogP contribution in [0.1, 0.15) is 12.0 Å². The molecule has 5 amide bonds. The first-order valence-corrected chi connectivity index (χ1v) is 11.1. The van der Waals surface area contributed by atoms with Crippen LogP contribution < -0.4 is 10.2 Å². The smallest absolute Gasteiger partial charge is 0.317 e. The van der Waals surface area contributed by atoms with Crippen LogP contribution in [-0.4, -0.2) is 52.4 Å². The molecule has 3 heterocycles. The molecule has 0 aromatic heterocycles. The van der Waals surface area contributed by atoms with E-state index in [1.165, 1.54) is 21.9 Å². The Bertz CT molecular complexity index is 1390. The number of urea groups is 2. The van der Waals surface area contributed by atoms with Gasteiger partial charge >= 0.3 is 18.2 Å². The maximum atomic E-state index is 13.5. The van der Waals surface area contributed by atoms with Crippen LogP contribution in [0.25, 0.3) is 10.8 Å². The van der Waals surface area contributed by atoms with Crippen molar-refractivity contribution in [3.63, 3.8) is 0 Å². The van der Waals surface area contributed by atoms with Crippen molar-refractivity contribution >= 4 is 40.1 Å². The summed E-state index contributed by atoms with van der Waals surface area (Å²) in [6.07, 6.45) is -4.09. The Morgan fingerprint density at radius 1 is 0.971 bits per heavy atom. The van der Waals surface area contributed by atoms with E-state index in [1.807, 2.05) is 30.3 Å². The number of anilines is 2. The fraction of sp³-hybridized carbons (Fsp3) is 0.240. The number of hydrogen-bond acceptors (Lipinski definition) is 3. The van der Waals surface area contributed by atoms with Crippen molar-refractivity contribution in [1.29, 1.82) is 0 Å². The number of fused-ring (bicyclic) bond motifs is 6. The van der Waals surface area contributed by atoms with E-state index in [0.29, 0.717) is 12.1 Å². The van der Waals surface area contributed by atoms with E-state index in [0.717, 1.165) is 22.9 Å². The largest absolute Gasteiger partial charge is 0.416 e. The van der Waals surface area contributed by atoms with Crippen molar-refractivity contribution in [2.24, 2.45) is 0 Å². The van der Waals surface area contributed by atoms with Crippen molar-refractivity contribution in [2.45, 2.75) is 30.7 Å². The highest BCUT2D eigenvalue weighted by atomic mass is 19.4. The minimum atomic E-state index is -4.53. The van der Waals surface area contributed by atoms with Gasteiger partial charge in [-0.05, 0) is 36.1 Å². The minimum Gasteiger partial charge on any atom is -0.317 e. The molecule has 3 saturated heterocycles. The van der Waals surface area contributed by atoms with E-state index in [9.17, 15) is 27.6 Å². The number of hydrogen-bond donors (Lipinski definition) is 1. The Labute approximate surface area is 197 Å². The van der Waals surface area contributed by atoms with Crippen molar-refractivity contribution < 1.29 is 27.6 Å². The highest BCUT2D eigenvalue weighted by molar-refractivity contribution is 6.25. The maximum Gasteiger partial charge on any atom is 0.416 e. The van der Waals surface area contributed by atoms with Crippen LogP contribution in [0.4, 0.5) is 34.1 Å². The summed E-state index contributed by atoms with van der Waals surface area (Å²) in [5, 5.41) is 4.17. The van der Waals surface area contributed by atoms with Gasteiger partial charge in [0.05, 0.1) is 23.3 Å². The highest BCUT2D eigenvalue weighted by Crippen LogP contribution is 2.43. The summed E-state index contributed by atoms with van der Waals surface area (Å²) >= 11 is 0. The molecule has 3 aromatic carbocycles. The molecule has 7 nitrogen and oxygen atoms in total. The minimum absolute atomic E-state index is 0.00987. The average molecular weight is 480 g/mol. The average Bonchev–Trinajstić information content (AvgIpc) is 3.50. The molecule has 3 aromatic rings. The number of carbonyl (C=O) groups excluding carboxylic acids is 3. The van der Waals surface area contributed by atoms with Gasteiger partial charge < -0.3 is 15.1 Å². The second-order valence-corrected chi connectivity index (χ2v) is 8.92. The Hall–Kier alpha value is -4.08. The number of nitrogens with one attached hydrogen (secondary N) is 1. The summed E-state index contributed by atoms with van der Waals surface area (Å²) in [4.78, 5) is 44.0. The molecule has 3 aliphatic rings. The zero-order valence-corrected chi connectivity index (χ0v) is 18.2. The first kappa shape index (κ1) is 21.5. The zero-order valence-electron chi connectivity index (χ0n) is 18.2. The van der Waals surface area contributed by atoms with E-state index in [4.69, 9.17) is 0 Å². The molecule has 3 unspecified atom stereocenters. The fourth-order valence-electron chi connectivity index (χ4n) is 5.48. The lowest BCUT2D eigenvalue weighted by Crippen LogP contribution is -2.55. The quantitative estimate of drug-likeness (QED) is 0.542. The van der Waals surface area contributed by atoms with Gasteiger partial charge in [0.25, 0.3) is 5.91 Å². The second kappa shape index (κ2) is 7.46. The van der Waals surface area contributed by atoms with Crippen LogP contribution in [-0.2, 0) is 11.0 Å². The lowest BCUT2D eigenvalue weighted by atomic mass is 10.1. The first-order valence-electron chi connectivity index (χ1n) is 11.1. The number of likely N-dealkylation sites (tertiary alicyclic amines) is 1. The van der Waals surface area contributed by atoms with Crippen LogP contribution in [0.5, 0.6) is 0 Å². The zero-order chi connectivity index (χ0) is 24.5. The summed E-state index contributed by atoms with van der Waals surface area (Å²) < 4.78 is 39.1. The summed E-state index contributed by atoms with van der Waals surface area (Å²) in [6.45, 7) is 0.203. The third-order valence-corrected chi connectivity index (χ3v) is 6.97. The fourth-order valence-corrected chi connectivity index (χ4v) is 5.48. The lowest BCUT2D eigenvalue weighted by molar-refractivity contribution is -0.137. The van der Waals surface area contributed by atoms with Crippen molar-refractivity contribution in [1.82, 2.24) is 9.80 Å². The van der Waals surface area contributed by atoms with Crippen LogP contribution in [0.15, 0.2) is 66.7 Å². The molecule has 3 atom stereocenters. The Kier molecular flexibility index (Phi) is 4.57. The summed E-state index contributed by atoms with van der Waals surface area (Å²) in [5.41, 5.74) is -0.366. The number of alkyl halides is 3. The number of benzene rings is 3. The molecule has 0 spiro atoms. The first-order chi connectivity index (χ1) is 16.7. The van der Waals surface area contributed by atoms with Gasteiger partial charge in [-0.15, -0.1) is 0 Å². The number of nitrogens with zero attached hydrogens (tertiary/aromatic N) is 3. The molecule has 0 radical (unpaired) electrons. The van der Waals surface area contributed by atoms with E-state index < -0.39 is 41.8 Å². The van der Waals surface area contributed by atoms with E-state index in [-0.39, 0.29) is 18.3 Å². The molecular formula is C25H19F3N4O3. The van der Waals surface area contributed by atoms with Gasteiger partial charge in [0, 0.05) is 17.6 Å². The van der Waals surface area contributed by atoms with Gasteiger partial charge in [-0.2, -0.15) is 13.2 Å². The second-order valence-electron chi connectivity index (χ2n) is 8.92. The summed E-state index contributed by atoms with van der Waals surface area (Å²) in [6, 6.07) is 14.5. The Morgan fingerprint density at radius 2 is 1.71 bits per heavy atom. The molecule has 10 heteroatoms. The number of piperazine rings is 1. The van der Waals surface area contributed by atoms with Crippen LogP contribution in [0.2, 0.25) is 0 Å². The third-order valence-electron chi connectivity index (χ3n) is 6.97. The topological polar surface area (TPSA) is 73.0 Å². The number of imide groups is 1. The van der Waals surface area contributed by atoms with Crippen molar-refractivity contribution in [2.75, 3.05) is 16.8 Å². The monoisotopic (exact) mass is 480 g/mol. The van der Waals surface area contributed by atoms with Crippen LogP contribution in [0, 0.1) is 0 Å². The Balaban J connectivity index is 1.26. The standard InChI is InChI=1S/C25H19F3N4O3/c26-25(27,28)15-7-4-8-16(11-15)29-23(34)30-13-17-12-20(30)21-22(33)32(24(35)31(17)21)19-10-3-6-14-5-1-2-9-18(14)19/h1-11,17,20-21H,12-13H2,(H,29,34). The van der Waals surface area contributed by atoms with E-state index in [1.54, 1.807) is 17.0 Å². The SMILES string of the molecule is O=C1C2C3CC(CN3C(=O)Nc3cccc(C(F)(F)F)c3)N2C(=O)N1c1cccc2ccccc12. The molecular weight excluding hydrogens is 461 g/mol. The van der Waals surface area contributed by atoms with Crippen LogP contribution in [0.3, 0.4) is 0 Å². The maximum absolute atomic E-state index is 13.5. The molecule has 0 saturated carbocycles. The lowest BCUT2D eigenvalue weighted by Gasteiger charge is -2.34. The molecule has 1 N–H and O–H groups in total. The van der Waals surface area contributed by atoms with Crippen molar-refractivity contribution in [3.05, 3.63) is 72.3 Å². The van der Waals surface area contributed by atoms with E-state index in [2.05, 4.69) is 5.32 Å². The van der Waals surface area contributed by atoms with Gasteiger partial charge in [0.1, 0.15) is 6.04 Å². The third kappa shape index (κ3) is 3.23. The predicted octanol–water partition coefficient (Wildman–Crippen LogP) is 4.68.